The summed E-state index contributed by atoms with van der Waals surface area (Å²) in [7, 11) is 2.50. The van der Waals surface area contributed by atoms with Gasteiger partial charge in [-0.25, -0.2) is 14.2 Å². The van der Waals surface area contributed by atoms with E-state index in [0.29, 0.717) is 30.1 Å². The van der Waals surface area contributed by atoms with Gasteiger partial charge in [0.15, 0.2) is 5.65 Å². The molecule has 1 saturated heterocycles. The molecule has 176 valence electrons. The molecular weight excluding hydrogens is 446 g/mol. The Hall–Kier alpha value is -3.64. The van der Waals surface area contributed by atoms with Crippen LogP contribution in [0, 0.1) is 0 Å². The first-order valence-electron chi connectivity index (χ1n) is 10.0. The van der Waals surface area contributed by atoms with Gasteiger partial charge in [0.2, 0.25) is 0 Å². The molecule has 0 unspecified atom stereocenters. The van der Waals surface area contributed by atoms with E-state index < -0.39 is 41.2 Å². The quantitative estimate of drug-likeness (QED) is 0.578. The van der Waals surface area contributed by atoms with Crippen LogP contribution < -0.4 is 15.8 Å². The number of nitrogens with zero attached hydrogens (tertiary/aromatic N) is 5. The molecule has 2 atom stereocenters. The Morgan fingerprint density at radius 3 is 2.76 bits per heavy atom. The highest BCUT2D eigenvalue weighted by Gasteiger charge is 2.35. The van der Waals surface area contributed by atoms with E-state index in [1.165, 1.54) is 7.05 Å². The van der Waals surface area contributed by atoms with Gasteiger partial charge < -0.3 is 19.7 Å². The van der Waals surface area contributed by atoms with Gasteiger partial charge in [-0.1, -0.05) is 0 Å². The zero-order valence-corrected chi connectivity index (χ0v) is 17.7. The zero-order chi connectivity index (χ0) is 23.9. The Kier molecular flexibility index (Phi) is 5.72. The van der Waals surface area contributed by atoms with Crippen molar-refractivity contribution in [3.05, 3.63) is 46.6 Å². The van der Waals surface area contributed by atoms with Crippen molar-refractivity contribution in [2.24, 2.45) is 7.05 Å². The summed E-state index contributed by atoms with van der Waals surface area (Å²) in [6.45, 7) is 0.428. The number of urea groups is 1. The molecule has 2 N–H and O–H groups in total. The third kappa shape index (κ3) is 4.47. The maximum atomic E-state index is 15.0. The van der Waals surface area contributed by atoms with Crippen LogP contribution in [0.25, 0.3) is 11.0 Å². The van der Waals surface area contributed by atoms with Gasteiger partial charge in [0, 0.05) is 32.2 Å². The molecule has 1 fully saturated rings. The molecule has 33 heavy (non-hydrogen) atoms. The largest absolute Gasteiger partial charge is 0.417 e. The summed E-state index contributed by atoms with van der Waals surface area (Å²) in [5.41, 5.74) is -1.09. The van der Waals surface area contributed by atoms with Crippen molar-refractivity contribution >= 4 is 28.4 Å². The number of aryl methyl sites for hydroxylation is 1. The van der Waals surface area contributed by atoms with Crippen molar-refractivity contribution in [1.29, 1.82) is 0 Å². The lowest BCUT2D eigenvalue weighted by Gasteiger charge is -2.39. The normalized spacial score (nSPS) is 19.0. The van der Waals surface area contributed by atoms with E-state index in [1.807, 2.05) is 6.07 Å². The molecule has 9 nitrogen and oxygen atoms in total. The maximum Gasteiger partial charge on any atom is 0.417 e. The lowest BCUT2D eigenvalue weighted by atomic mass is 10.0. The predicted octanol–water partition coefficient (Wildman–Crippen LogP) is 2.76. The average molecular weight is 467 g/mol. The van der Waals surface area contributed by atoms with Gasteiger partial charge in [0.05, 0.1) is 36.2 Å². The highest BCUT2D eigenvalue weighted by Crippen LogP contribution is 2.30. The molecule has 1 aliphatic rings. The standard InChI is InChI=1S/C20H21F4N7O2/c1-29-9-12(20(22,23)24)6-15(18(29)32)27-19(33)30(2)16-3-4-31(10-14(16)21)13-5-11-7-26-28-17(11)25-8-13/h5-9,14,16H,3-4,10H2,1-2H3,(H,27,33)(H,25,26,28)/t14-,16-/m1/s1. The van der Waals surface area contributed by atoms with Crippen LogP contribution in [-0.4, -0.2) is 63.0 Å². The molecule has 2 amide bonds. The number of alkyl halides is 4. The highest BCUT2D eigenvalue weighted by atomic mass is 19.4. The van der Waals surface area contributed by atoms with Gasteiger partial charge in [-0.2, -0.15) is 18.3 Å². The third-order valence-electron chi connectivity index (χ3n) is 5.72. The fourth-order valence-electron chi connectivity index (χ4n) is 3.87. The number of carbonyl (C=O) groups excluding carboxylic acids is 1. The van der Waals surface area contributed by atoms with Crippen molar-refractivity contribution in [3.8, 4) is 0 Å². The Bertz CT molecular complexity index is 1240. The summed E-state index contributed by atoms with van der Waals surface area (Å²) in [6, 6.07) is 0.719. The second-order valence-electron chi connectivity index (χ2n) is 7.92. The number of hydrogen-bond acceptors (Lipinski definition) is 5. The highest BCUT2D eigenvalue weighted by molar-refractivity contribution is 5.89. The van der Waals surface area contributed by atoms with Crippen LogP contribution in [0.15, 0.2) is 35.5 Å². The topological polar surface area (TPSA) is 99.1 Å². The number of rotatable bonds is 3. The van der Waals surface area contributed by atoms with E-state index >= 15 is 4.39 Å². The average Bonchev–Trinajstić information content (AvgIpc) is 3.23. The molecule has 0 saturated carbocycles. The fraction of sp³-hybridized carbons (Fsp3) is 0.400. The second kappa shape index (κ2) is 8.37. The molecule has 1 aliphatic heterocycles. The summed E-state index contributed by atoms with van der Waals surface area (Å²) in [5, 5.41) is 9.62. The molecule has 0 aromatic carbocycles. The van der Waals surface area contributed by atoms with Gasteiger partial charge in [0.25, 0.3) is 5.56 Å². The fourth-order valence-corrected chi connectivity index (χ4v) is 3.87. The molecule has 0 aliphatic carbocycles. The molecule has 3 aromatic rings. The van der Waals surface area contributed by atoms with E-state index in [9.17, 15) is 22.8 Å². The van der Waals surface area contributed by atoms with Crippen LogP contribution in [0.3, 0.4) is 0 Å². The number of pyridine rings is 2. The molecule has 0 bridgehead atoms. The minimum absolute atomic E-state index is 0.00134. The lowest BCUT2D eigenvalue weighted by Crippen LogP contribution is -2.54. The smallest absolute Gasteiger partial charge is 0.367 e. The number of aromatic nitrogens is 4. The minimum Gasteiger partial charge on any atom is -0.367 e. The molecule has 0 radical (unpaired) electrons. The van der Waals surface area contributed by atoms with Crippen LogP contribution in [0.4, 0.5) is 33.7 Å². The number of H-pyrrole nitrogens is 1. The van der Waals surface area contributed by atoms with Crippen LogP contribution in [0.2, 0.25) is 0 Å². The van der Waals surface area contributed by atoms with Gasteiger partial charge >= 0.3 is 12.2 Å². The van der Waals surface area contributed by atoms with E-state index in [0.717, 1.165) is 21.9 Å². The first-order valence-corrected chi connectivity index (χ1v) is 10.0. The number of hydrogen-bond donors (Lipinski definition) is 2. The summed E-state index contributed by atoms with van der Waals surface area (Å²) >= 11 is 0. The number of anilines is 2. The number of aromatic amines is 1. The first kappa shape index (κ1) is 22.6. The maximum absolute atomic E-state index is 15.0. The van der Waals surface area contributed by atoms with Crippen LogP contribution >= 0.6 is 0 Å². The Morgan fingerprint density at radius 1 is 1.30 bits per heavy atom. The van der Waals surface area contributed by atoms with Gasteiger partial charge in [-0.15, -0.1) is 0 Å². The Balaban J connectivity index is 1.45. The second-order valence-corrected chi connectivity index (χ2v) is 7.92. The van der Waals surface area contributed by atoms with Crippen LogP contribution in [-0.2, 0) is 13.2 Å². The van der Waals surface area contributed by atoms with Gasteiger partial charge in [-0.3, -0.25) is 9.89 Å². The van der Waals surface area contributed by atoms with Crippen molar-refractivity contribution in [2.75, 3.05) is 30.4 Å². The van der Waals surface area contributed by atoms with Crippen molar-refractivity contribution in [1.82, 2.24) is 24.6 Å². The number of halogens is 4. The third-order valence-corrected chi connectivity index (χ3v) is 5.72. The number of nitrogens with one attached hydrogen (secondary N) is 2. The van der Waals surface area contributed by atoms with Crippen LogP contribution in [0.1, 0.15) is 12.0 Å². The predicted molar refractivity (Wildman–Crippen MR) is 113 cm³/mol. The Morgan fingerprint density at radius 2 is 2.06 bits per heavy atom. The van der Waals surface area contributed by atoms with Crippen molar-refractivity contribution in [3.63, 3.8) is 0 Å². The monoisotopic (exact) mass is 467 g/mol. The number of piperidine rings is 1. The molecule has 3 aromatic heterocycles. The van der Waals surface area contributed by atoms with Crippen molar-refractivity contribution < 1.29 is 22.4 Å². The summed E-state index contributed by atoms with van der Waals surface area (Å²) in [6.07, 6.45) is -1.99. The molecule has 13 heteroatoms. The first-order chi connectivity index (χ1) is 15.5. The summed E-state index contributed by atoms with van der Waals surface area (Å²) < 4.78 is 54.9. The summed E-state index contributed by atoms with van der Waals surface area (Å²) in [4.78, 5) is 31.9. The SMILES string of the molecule is CN(C(=O)Nc1cc(C(F)(F)F)cn(C)c1=O)[C@@H]1CCN(c2cnc3[nH]ncc3c2)C[C@H]1F. The number of fused-ring (bicyclic) bond motifs is 1. The van der Waals surface area contributed by atoms with Crippen molar-refractivity contribution in [2.45, 2.75) is 24.8 Å². The van der Waals surface area contributed by atoms with E-state index in [2.05, 4.69) is 20.5 Å². The molecule has 4 heterocycles. The Labute approximate surface area is 185 Å². The number of carbonyl (C=O) groups is 1. The number of amides is 2. The van der Waals surface area contributed by atoms with Gasteiger partial charge in [-0.05, 0) is 18.6 Å². The van der Waals surface area contributed by atoms with Crippen LogP contribution in [0.5, 0.6) is 0 Å². The molecule has 0 spiro atoms. The van der Waals surface area contributed by atoms with E-state index in [-0.39, 0.29) is 13.0 Å². The zero-order valence-electron chi connectivity index (χ0n) is 17.7. The van der Waals surface area contributed by atoms with E-state index in [1.54, 1.807) is 17.3 Å². The minimum atomic E-state index is -4.69. The molecular formula is C20H21F4N7O2. The van der Waals surface area contributed by atoms with E-state index in [4.69, 9.17) is 0 Å². The summed E-state index contributed by atoms with van der Waals surface area (Å²) in [5.74, 6) is 0. The molecule has 4 rings (SSSR count). The van der Waals surface area contributed by atoms with Gasteiger partial charge in [0.1, 0.15) is 11.9 Å². The lowest BCUT2D eigenvalue weighted by molar-refractivity contribution is -0.138.